The minimum atomic E-state index is -3.61. The first-order chi connectivity index (χ1) is 15.3. The molecule has 0 saturated carbocycles. The smallest absolute Gasteiger partial charge is 0.255 e. The molecule has 1 aliphatic heterocycles. The molecule has 9 heteroatoms. The van der Waals surface area contributed by atoms with E-state index < -0.39 is 10.0 Å². The van der Waals surface area contributed by atoms with Gasteiger partial charge in [0.05, 0.1) is 11.3 Å². The Morgan fingerprint density at radius 1 is 1.03 bits per heavy atom. The van der Waals surface area contributed by atoms with Gasteiger partial charge >= 0.3 is 0 Å². The van der Waals surface area contributed by atoms with E-state index in [2.05, 4.69) is 10.0 Å². The second-order valence-electron chi connectivity index (χ2n) is 7.78. The van der Waals surface area contributed by atoms with Crippen molar-refractivity contribution in [2.75, 3.05) is 29.9 Å². The van der Waals surface area contributed by atoms with E-state index in [1.54, 1.807) is 19.1 Å². The highest BCUT2D eigenvalue weighted by Crippen LogP contribution is 2.16. The minimum Gasteiger partial charge on any atom is -0.341 e. The predicted molar refractivity (Wildman–Crippen MR) is 129 cm³/mol. The maximum Gasteiger partial charge on any atom is 0.255 e. The summed E-state index contributed by atoms with van der Waals surface area (Å²) >= 11 is 1.87. The average Bonchev–Trinajstić information content (AvgIpc) is 2.80. The fourth-order valence-corrected chi connectivity index (χ4v) is 5.44. The molecule has 1 aliphatic rings. The van der Waals surface area contributed by atoms with Gasteiger partial charge in [0.2, 0.25) is 15.9 Å². The quantitative estimate of drug-likeness (QED) is 0.612. The molecule has 3 rings (SSSR count). The van der Waals surface area contributed by atoms with Crippen LogP contribution in [0.4, 0.5) is 5.69 Å². The number of sulfonamides is 1. The topological polar surface area (TPSA) is 95.6 Å². The number of anilines is 1. The van der Waals surface area contributed by atoms with Gasteiger partial charge in [-0.15, -0.1) is 0 Å². The predicted octanol–water partition coefficient (Wildman–Crippen LogP) is 3.13. The minimum absolute atomic E-state index is 0.121. The molecular formula is C23H29N3O4S2. The third-order valence-corrected chi connectivity index (χ3v) is 7.87. The molecule has 1 unspecified atom stereocenters. The molecule has 172 valence electrons. The Morgan fingerprint density at radius 3 is 2.25 bits per heavy atom. The van der Waals surface area contributed by atoms with E-state index >= 15 is 0 Å². The van der Waals surface area contributed by atoms with Crippen LogP contribution in [0.25, 0.3) is 0 Å². The SMILES string of the molecule is CCC(C)NS(=O)(=O)c1ccc(C(=O)Nc2ccc(CC(=O)N3CCSCC3)cc2)cc1. The zero-order valence-electron chi connectivity index (χ0n) is 18.3. The van der Waals surface area contributed by atoms with Gasteiger partial charge in [-0.3, -0.25) is 9.59 Å². The summed E-state index contributed by atoms with van der Waals surface area (Å²) in [7, 11) is -3.61. The normalized spacial score (nSPS) is 15.2. The molecule has 7 nitrogen and oxygen atoms in total. The van der Waals surface area contributed by atoms with Crippen molar-refractivity contribution in [1.82, 2.24) is 9.62 Å². The summed E-state index contributed by atoms with van der Waals surface area (Å²) in [6.45, 7) is 5.29. The molecule has 1 saturated heterocycles. The Hall–Kier alpha value is -2.36. The summed E-state index contributed by atoms with van der Waals surface area (Å²) in [4.78, 5) is 26.9. The van der Waals surface area contributed by atoms with E-state index in [1.165, 1.54) is 24.3 Å². The van der Waals surface area contributed by atoms with E-state index in [9.17, 15) is 18.0 Å². The highest BCUT2D eigenvalue weighted by Gasteiger charge is 2.18. The maximum atomic E-state index is 12.5. The number of thioether (sulfide) groups is 1. The summed E-state index contributed by atoms with van der Waals surface area (Å²) < 4.78 is 27.3. The number of carbonyl (C=O) groups is 2. The van der Waals surface area contributed by atoms with Gasteiger partial charge in [0, 0.05) is 41.9 Å². The molecule has 1 heterocycles. The van der Waals surface area contributed by atoms with Crippen molar-refractivity contribution in [3.63, 3.8) is 0 Å². The van der Waals surface area contributed by atoms with Gasteiger partial charge in [-0.25, -0.2) is 13.1 Å². The molecule has 0 aliphatic carbocycles. The molecule has 0 bridgehead atoms. The van der Waals surface area contributed by atoms with Crippen molar-refractivity contribution in [3.8, 4) is 0 Å². The molecular weight excluding hydrogens is 446 g/mol. The van der Waals surface area contributed by atoms with Gasteiger partial charge in [0.15, 0.2) is 0 Å². The number of nitrogens with one attached hydrogen (secondary N) is 2. The Kier molecular flexibility index (Phi) is 8.33. The fourth-order valence-electron chi connectivity index (χ4n) is 3.21. The van der Waals surface area contributed by atoms with Crippen LogP contribution in [0.15, 0.2) is 53.4 Å². The molecule has 1 atom stereocenters. The lowest BCUT2D eigenvalue weighted by Gasteiger charge is -2.26. The van der Waals surface area contributed by atoms with E-state index in [-0.39, 0.29) is 22.8 Å². The van der Waals surface area contributed by atoms with Crippen LogP contribution in [0.1, 0.15) is 36.2 Å². The zero-order valence-corrected chi connectivity index (χ0v) is 20.0. The molecule has 2 amide bonds. The van der Waals surface area contributed by atoms with Crippen LogP contribution in [-0.4, -0.2) is 55.8 Å². The highest BCUT2D eigenvalue weighted by molar-refractivity contribution is 7.99. The molecule has 2 N–H and O–H groups in total. The molecule has 2 aromatic carbocycles. The molecule has 2 aromatic rings. The lowest BCUT2D eigenvalue weighted by molar-refractivity contribution is -0.130. The lowest BCUT2D eigenvalue weighted by atomic mass is 10.1. The summed E-state index contributed by atoms with van der Waals surface area (Å²) in [5, 5.41) is 2.80. The fraction of sp³-hybridized carbons (Fsp3) is 0.391. The molecule has 0 aromatic heterocycles. The zero-order chi connectivity index (χ0) is 23.1. The Bertz CT molecular complexity index is 1030. The van der Waals surface area contributed by atoms with E-state index in [4.69, 9.17) is 0 Å². The summed E-state index contributed by atoms with van der Waals surface area (Å²) in [5.41, 5.74) is 1.86. The number of rotatable bonds is 8. The van der Waals surface area contributed by atoms with Gasteiger partial charge in [0.25, 0.3) is 5.91 Å². The first-order valence-electron chi connectivity index (χ1n) is 10.7. The number of carbonyl (C=O) groups excluding carboxylic acids is 2. The first-order valence-corrected chi connectivity index (χ1v) is 13.3. The van der Waals surface area contributed by atoms with Gasteiger partial charge < -0.3 is 10.2 Å². The van der Waals surface area contributed by atoms with Crippen LogP contribution < -0.4 is 10.0 Å². The van der Waals surface area contributed by atoms with Gasteiger partial charge in [-0.2, -0.15) is 11.8 Å². The third kappa shape index (κ3) is 6.57. The maximum absolute atomic E-state index is 12.5. The molecule has 0 spiro atoms. The Labute approximate surface area is 194 Å². The molecule has 1 fully saturated rings. The molecule has 32 heavy (non-hydrogen) atoms. The van der Waals surface area contributed by atoms with Crippen molar-refractivity contribution >= 4 is 39.3 Å². The van der Waals surface area contributed by atoms with E-state index in [0.717, 1.165) is 30.2 Å². The third-order valence-electron chi connectivity index (χ3n) is 5.33. The van der Waals surface area contributed by atoms with E-state index in [0.29, 0.717) is 24.1 Å². The van der Waals surface area contributed by atoms with Gasteiger partial charge in [-0.05, 0) is 55.3 Å². The highest BCUT2D eigenvalue weighted by atomic mass is 32.2. The van der Waals surface area contributed by atoms with Crippen LogP contribution in [0.5, 0.6) is 0 Å². The number of benzene rings is 2. The van der Waals surface area contributed by atoms with Crippen LogP contribution in [0.3, 0.4) is 0 Å². The molecule has 0 radical (unpaired) electrons. The van der Waals surface area contributed by atoms with Crippen LogP contribution >= 0.6 is 11.8 Å². The summed E-state index contributed by atoms with van der Waals surface area (Å²) in [6.07, 6.45) is 1.03. The Morgan fingerprint density at radius 2 is 1.66 bits per heavy atom. The average molecular weight is 476 g/mol. The van der Waals surface area contributed by atoms with Crippen LogP contribution in [0, 0.1) is 0 Å². The second-order valence-corrected chi connectivity index (χ2v) is 10.7. The van der Waals surface area contributed by atoms with Crippen molar-refractivity contribution < 1.29 is 18.0 Å². The van der Waals surface area contributed by atoms with Crippen molar-refractivity contribution in [2.24, 2.45) is 0 Å². The van der Waals surface area contributed by atoms with Gasteiger partial charge in [-0.1, -0.05) is 19.1 Å². The van der Waals surface area contributed by atoms with Crippen LogP contribution in [0.2, 0.25) is 0 Å². The van der Waals surface area contributed by atoms with Crippen LogP contribution in [-0.2, 0) is 21.2 Å². The van der Waals surface area contributed by atoms with Crippen molar-refractivity contribution in [1.29, 1.82) is 0 Å². The van der Waals surface area contributed by atoms with Crippen molar-refractivity contribution in [2.45, 2.75) is 37.6 Å². The largest absolute Gasteiger partial charge is 0.341 e. The summed E-state index contributed by atoms with van der Waals surface area (Å²) in [6, 6.07) is 12.9. The van der Waals surface area contributed by atoms with Crippen molar-refractivity contribution in [3.05, 3.63) is 59.7 Å². The van der Waals surface area contributed by atoms with E-state index in [1.807, 2.05) is 35.7 Å². The number of nitrogens with zero attached hydrogens (tertiary/aromatic N) is 1. The second kappa shape index (κ2) is 11.0. The standard InChI is InChI=1S/C23H29N3O4S2/c1-3-17(2)25-32(29,30)21-10-6-19(7-11-21)23(28)24-20-8-4-18(5-9-20)16-22(27)26-12-14-31-15-13-26/h4-11,17,25H,3,12-16H2,1-2H3,(H,24,28). The number of amides is 2. The monoisotopic (exact) mass is 475 g/mol. The lowest BCUT2D eigenvalue weighted by Crippen LogP contribution is -2.38. The Balaban J connectivity index is 1.58. The number of hydrogen-bond acceptors (Lipinski definition) is 5. The summed E-state index contributed by atoms with van der Waals surface area (Å²) in [5.74, 6) is 1.76. The number of hydrogen-bond donors (Lipinski definition) is 2. The van der Waals surface area contributed by atoms with Gasteiger partial charge in [0.1, 0.15) is 0 Å². The first kappa shape index (κ1) is 24.3.